The van der Waals surface area contributed by atoms with Crippen LogP contribution in [0.1, 0.15) is 25.7 Å². The second kappa shape index (κ2) is 5.79. The molecule has 12 heavy (non-hydrogen) atoms. The Kier molecular flexibility index (Phi) is 5.89. The van der Waals surface area contributed by atoms with Crippen LogP contribution in [0.5, 0.6) is 0 Å². The van der Waals surface area contributed by atoms with Gasteiger partial charge in [0.2, 0.25) is 0 Å². The maximum absolute atomic E-state index is 9.59. The van der Waals surface area contributed by atoms with Gasteiger partial charge in [-0.25, -0.2) is 0 Å². The molecule has 0 amide bonds. The molecule has 1 aliphatic carbocycles. The summed E-state index contributed by atoms with van der Waals surface area (Å²) in [4.78, 5) is 2.17. The van der Waals surface area contributed by atoms with E-state index in [4.69, 9.17) is 0 Å². The van der Waals surface area contributed by atoms with Gasteiger partial charge in [-0.05, 0) is 32.9 Å². The lowest BCUT2D eigenvalue weighted by Gasteiger charge is -2.29. The molecule has 1 saturated carbocycles. The van der Waals surface area contributed by atoms with E-state index in [2.05, 4.69) is 19.0 Å². The van der Waals surface area contributed by atoms with E-state index in [9.17, 15) is 5.11 Å². The zero-order valence-corrected chi connectivity index (χ0v) is 8.72. The summed E-state index contributed by atoms with van der Waals surface area (Å²) in [5.41, 5.74) is 0. The SMILES string of the molecule is CN(C)CC1CCCCC1O.[Cl-]. The summed E-state index contributed by atoms with van der Waals surface area (Å²) in [5, 5.41) is 9.59. The van der Waals surface area contributed by atoms with Crippen LogP contribution in [0.15, 0.2) is 0 Å². The molecule has 74 valence electrons. The third-order valence-corrected chi connectivity index (χ3v) is 2.47. The Labute approximate surface area is 81.4 Å². The van der Waals surface area contributed by atoms with Crippen LogP contribution in [0.4, 0.5) is 0 Å². The van der Waals surface area contributed by atoms with E-state index in [1.54, 1.807) is 0 Å². The standard InChI is InChI=1S/C9H19NO.ClH/c1-10(2)7-8-5-3-4-6-9(8)11;/h8-9,11H,3-7H2,1-2H3;1H/p-1. The maximum Gasteiger partial charge on any atom is 0.0580 e. The van der Waals surface area contributed by atoms with Gasteiger partial charge >= 0.3 is 0 Å². The van der Waals surface area contributed by atoms with Crippen molar-refractivity contribution in [2.24, 2.45) is 5.92 Å². The molecule has 3 heteroatoms. The molecular weight excluding hydrogens is 174 g/mol. The number of hydrogen-bond acceptors (Lipinski definition) is 2. The molecule has 0 aromatic rings. The summed E-state index contributed by atoms with van der Waals surface area (Å²) in [6.07, 6.45) is 4.70. The van der Waals surface area contributed by atoms with Crippen LogP contribution in [0.2, 0.25) is 0 Å². The number of halogens is 1. The number of aliphatic hydroxyl groups excluding tert-OH is 1. The highest BCUT2D eigenvalue weighted by molar-refractivity contribution is 4.75. The fourth-order valence-electron chi connectivity index (χ4n) is 1.87. The second-order valence-corrected chi connectivity index (χ2v) is 3.87. The molecule has 2 nitrogen and oxygen atoms in total. The van der Waals surface area contributed by atoms with Gasteiger partial charge in [0.15, 0.2) is 0 Å². The minimum Gasteiger partial charge on any atom is -1.00 e. The molecule has 0 aromatic heterocycles. The molecule has 1 fully saturated rings. The van der Waals surface area contributed by atoms with E-state index >= 15 is 0 Å². The Morgan fingerprint density at radius 3 is 2.33 bits per heavy atom. The fourth-order valence-corrected chi connectivity index (χ4v) is 1.87. The average molecular weight is 193 g/mol. The first-order valence-corrected chi connectivity index (χ1v) is 4.53. The van der Waals surface area contributed by atoms with Gasteiger partial charge in [-0.2, -0.15) is 0 Å². The molecule has 0 aliphatic heterocycles. The summed E-state index contributed by atoms with van der Waals surface area (Å²) in [6.45, 7) is 1.04. The topological polar surface area (TPSA) is 23.5 Å². The van der Waals surface area contributed by atoms with Gasteiger partial charge in [0.25, 0.3) is 0 Å². The molecule has 2 unspecified atom stereocenters. The molecule has 0 saturated heterocycles. The molecule has 1 N–H and O–H groups in total. The van der Waals surface area contributed by atoms with E-state index in [1.165, 1.54) is 19.3 Å². The molecule has 0 aromatic carbocycles. The summed E-state index contributed by atoms with van der Waals surface area (Å²) in [7, 11) is 4.14. The molecule has 0 heterocycles. The minimum atomic E-state index is -0.0360. The summed E-state index contributed by atoms with van der Waals surface area (Å²) in [6, 6.07) is 0. The second-order valence-electron chi connectivity index (χ2n) is 3.87. The van der Waals surface area contributed by atoms with E-state index in [-0.39, 0.29) is 18.5 Å². The Morgan fingerprint density at radius 2 is 1.83 bits per heavy atom. The van der Waals surface area contributed by atoms with Crippen LogP contribution in [-0.4, -0.2) is 36.8 Å². The van der Waals surface area contributed by atoms with Gasteiger partial charge in [-0.1, -0.05) is 12.8 Å². The Morgan fingerprint density at radius 1 is 1.25 bits per heavy atom. The largest absolute Gasteiger partial charge is 1.00 e. The van der Waals surface area contributed by atoms with Crippen molar-refractivity contribution in [1.82, 2.24) is 4.90 Å². The third-order valence-electron chi connectivity index (χ3n) is 2.47. The third kappa shape index (κ3) is 3.74. The first kappa shape index (κ1) is 12.2. The van der Waals surface area contributed by atoms with Crippen LogP contribution >= 0.6 is 0 Å². The van der Waals surface area contributed by atoms with Crippen molar-refractivity contribution in [1.29, 1.82) is 0 Å². The Hall–Kier alpha value is 0.210. The summed E-state index contributed by atoms with van der Waals surface area (Å²) in [5.74, 6) is 0.527. The zero-order valence-electron chi connectivity index (χ0n) is 7.96. The first-order chi connectivity index (χ1) is 5.20. The van der Waals surface area contributed by atoms with Gasteiger partial charge < -0.3 is 22.4 Å². The van der Waals surface area contributed by atoms with Crippen molar-refractivity contribution >= 4 is 0 Å². The molecule has 0 spiro atoms. The lowest BCUT2D eigenvalue weighted by Crippen LogP contribution is -3.00. The van der Waals surface area contributed by atoms with Crippen molar-refractivity contribution in [2.45, 2.75) is 31.8 Å². The van der Waals surface area contributed by atoms with Crippen molar-refractivity contribution < 1.29 is 17.5 Å². The number of nitrogens with zero attached hydrogens (tertiary/aromatic N) is 1. The van der Waals surface area contributed by atoms with Gasteiger partial charge in [-0.15, -0.1) is 0 Å². The quantitative estimate of drug-likeness (QED) is 0.553. The zero-order chi connectivity index (χ0) is 8.27. The van der Waals surface area contributed by atoms with Gasteiger partial charge in [0, 0.05) is 6.54 Å². The van der Waals surface area contributed by atoms with E-state index < -0.39 is 0 Å². The first-order valence-electron chi connectivity index (χ1n) is 4.53. The van der Waals surface area contributed by atoms with Crippen LogP contribution in [0.3, 0.4) is 0 Å². The van der Waals surface area contributed by atoms with Gasteiger partial charge in [-0.3, -0.25) is 0 Å². The average Bonchev–Trinajstić information content (AvgIpc) is 1.93. The highest BCUT2D eigenvalue weighted by atomic mass is 35.5. The predicted molar refractivity (Wildman–Crippen MR) is 46.5 cm³/mol. The van der Waals surface area contributed by atoms with Crippen molar-refractivity contribution in [3.05, 3.63) is 0 Å². The lowest BCUT2D eigenvalue weighted by atomic mass is 9.86. The monoisotopic (exact) mass is 192 g/mol. The lowest BCUT2D eigenvalue weighted by molar-refractivity contribution is -0.00000566. The fraction of sp³-hybridized carbons (Fsp3) is 1.00. The Bertz CT molecular complexity index is 119. The minimum absolute atomic E-state index is 0. The van der Waals surface area contributed by atoms with Gasteiger partial charge in [0.05, 0.1) is 6.10 Å². The van der Waals surface area contributed by atoms with Crippen molar-refractivity contribution in [2.75, 3.05) is 20.6 Å². The maximum atomic E-state index is 9.59. The van der Waals surface area contributed by atoms with Gasteiger partial charge in [0.1, 0.15) is 0 Å². The number of rotatable bonds is 2. The molecule has 0 radical (unpaired) electrons. The van der Waals surface area contributed by atoms with Crippen molar-refractivity contribution in [3.8, 4) is 0 Å². The molecule has 1 rings (SSSR count). The predicted octanol–water partition coefficient (Wildman–Crippen LogP) is -1.90. The van der Waals surface area contributed by atoms with Crippen molar-refractivity contribution in [3.63, 3.8) is 0 Å². The summed E-state index contributed by atoms with van der Waals surface area (Å²) < 4.78 is 0. The number of hydrogen-bond donors (Lipinski definition) is 1. The normalized spacial score (nSPS) is 30.0. The molecule has 1 aliphatic rings. The molecular formula is C9H19ClNO-. The van der Waals surface area contributed by atoms with E-state index in [1.807, 2.05) is 0 Å². The van der Waals surface area contributed by atoms with E-state index in [0.29, 0.717) is 5.92 Å². The molecule has 0 bridgehead atoms. The molecule has 2 atom stereocenters. The van der Waals surface area contributed by atoms with Crippen LogP contribution in [0, 0.1) is 5.92 Å². The highest BCUT2D eigenvalue weighted by Crippen LogP contribution is 2.24. The number of aliphatic hydroxyl groups is 1. The highest BCUT2D eigenvalue weighted by Gasteiger charge is 2.22. The van der Waals surface area contributed by atoms with E-state index in [0.717, 1.165) is 13.0 Å². The smallest absolute Gasteiger partial charge is 0.0580 e. The summed E-state index contributed by atoms with van der Waals surface area (Å²) >= 11 is 0. The van der Waals surface area contributed by atoms with Crippen LogP contribution in [0.25, 0.3) is 0 Å². The van der Waals surface area contributed by atoms with Crippen LogP contribution < -0.4 is 12.4 Å². The van der Waals surface area contributed by atoms with Crippen LogP contribution in [-0.2, 0) is 0 Å². The Balaban J connectivity index is 0.00000121.